The molecule has 4 heteroatoms. The number of thioether (sulfide) groups is 1. The van der Waals surface area contributed by atoms with Gasteiger partial charge in [-0.3, -0.25) is 0 Å². The number of hydrogen-bond acceptors (Lipinski definition) is 2. The summed E-state index contributed by atoms with van der Waals surface area (Å²) in [6, 6.07) is 0. The fraction of sp³-hybridized carbons (Fsp3) is 0.333. The Morgan fingerprint density at radius 2 is 2.60 bits per heavy atom. The lowest BCUT2D eigenvalue weighted by Crippen LogP contribution is -2.44. The van der Waals surface area contributed by atoms with Crippen molar-refractivity contribution in [2.75, 3.05) is 0 Å². The van der Waals surface area contributed by atoms with Crippen LogP contribution in [0.4, 0.5) is 0 Å². The van der Waals surface area contributed by atoms with Gasteiger partial charge in [0.15, 0.2) is 6.21 Å². The highest BCUT2D eigenvalue weighted by Gasteiger charge is 2.44. The average Bonchev–Trinajstić information content (AvgIpc) is 1.86. The molecule has 0 aromatic heterocycles. The summed E-state index contributed by atoms with van der Waals surface area (Å²) < 4.78 is 2.99. The molecule has 0 saturated carbocycles. The molecule has 0 aromatic carbocycles. The molecule has 0 bridgehead atoms. The Labute approximate surface area is 65.6 Å². The quantitative estimate of drug-likeness (QED) is 0.306. The zero-order valence-corrected chi connectivity index (χ0v) is 7.25. The lowest BCUT2D eigenvalue weighted by molar-refractivity contribution is -0.499. The van der Waals surface area contributed by atoms with Crippen LogP contribution >= 0.6 is 21.0 Å². The van der Waals surface area contributed by atoms with Crippen molar-refractivity contribution in [3.8, 4) is 0 Å². The molecule has 0 N–H and O–H groups in total. The molecule has 2 atom stereocenters. The predicted molar refractivity (Wildman–Crippen MR) is 45.1 cm³/mol. The van der Waals surface area contributed by atoms with E-state index in [9.17, 15) is 4.79 Å². The number of allylic oxidation sites excluding steroid dienone is 1. The summed E-state index contributed by atoms with van der Waals surface area (Å²) in [7, 11) is 2.65. The van der Waals surface area contributed by atoms with Gasteiger partial charge in [-0.1, -0.05) is 21.0 Å². The van der Waals surface area contributed by atoms with Crippen molar-refractivity contribution in [3.63, 3.8) is 0 Å². The van der Waals surface area contributed by atoms with E-state index in [1.165, 1.54) is 4.65 Å². The number of carbonyl (C=O) groups is 1. The maximum absolute atomic E-state index is 10.8. The lowest BCUT2D eigenvalue weighted by Gasteiger charge is -2.22. The molecule has 1 saturated heterocycles. The van der Waals surface area contributed by atoms with Gasteiger partial charge < -0.3 is 0 Å². The van der Waals surface area contributed by atoms with Crippen LogP contribution in [0.5, 0.6) is 0 Å². The van der Waals surface area contributed by atoms with Gasteiger partial charge in [0.05, 0.1) is 0 Å². The summed E-state index contributed by atoms with van der Waals surface area (Å²) in [5.74, 6) is 0.242. The fourth-order valence-electron chi connectivity index (χ4n) is 1.03. The zero-order valence-electron chi connectivity index (χ0n) is 5.28. The van der Waals surface area contributed by atoms with Crippen molar-refractivity contribution in [3.05, 3.63) is 10.7 Å². The first kappa shape index (κ1) is 6.56. The summed E-state index contributed by atoms with van der Waals surface area (Å²) >= 11 is 1.74. The topological polar surface area (TPSA) is 20.1 Å². The maximum Gasteiger partial charge on any atom is 0.395 e. The average molecular weight is 172 g/mol. The highest BCUT2D eigenvalue weighted by molar-refractivity contribution is 8.07. The molecule has 1 unspecified atom stereocenters. The standard InChI is InChI=1S/C6H7NOPS/c8-4-3-5-7(4)2-1-6(9)10-5/h1-2,5H,3,9H2/q+1/t5-/m1/s1. The van der Waals surface area contributed by atoms with Crippen LogP contribution in [0.15, 0.2) is 10.7 Å². The third-order valence-electron chi connectivity index (χ3n) is 1.62. The van der Waals surface area contributed by atoms with Gasteiger partial charge in [-0.2, -0.15) is 4.58 Å². The van der Waals surface area contributed by atoms with Crippen molar-refractivity contribution >= 4 is 33.1 Å². The number of carbonyl (C=O) groups excluding carboxylic acids is 1. The first-order valence-electron chi connectivity index (χ1n) is 3.06. The Hall–Kier alpha value is -0.140. The molecule has 0 aliphatic carbocycles. The molecule has 1 fully saturated rings. The summed E-state index contributed by atoms with van der Waals surface area (Å²) in [6.45, 7) is 0. The van der Waals surface area contributed by atoms with Crippen LogP contribution in [-0.4, -0.2) is 22.1 Å². The molecular weight excluding hydrogens is 165 g/mol. The minimum Gasteiger partial charge on any atom is -0.219 e. The van der Waals surface area contributed by atoms with E-state index in [2.05, 4.69) is 9.24 Å². The largest absolute Gasteiger partial charge is 0.395 e. The van der Waals surface area contributed by atoms with Gasteiger partial charge in [0.2, 0.25) is 5.37 Å². The number of hydrogen-bond donors (Lipinski definition) is 0. The number of rotatable bonds is 0. The molecule has 2 aliphatic heterocycles. The fourth-order valence-corrected chi connectivity index (χ4v) is 2.57. The summed E-state index contributed by atoms with van der Waals surface area (Å²) in [5, 5.41) is 0.394. The normalized spacial score (nSPS) is 30.1. The van der Waals surface area contributed by atoms with Crippen LogP contribution in [0, 0.1) is 0 Å². The molecule has 1 amide bonds. The molecule has 2 rings (SSSR count). The third-order valence-corrected chi connectivity index (χ3v) is 3.29. The number of amides is 1. The first-order chi connectivity index (χ1) is 4.77. The van der Waals surface area contributed by atoms with E-state index in [-0.39, 0.29) is 5.91 Å². The molecular formula is C6H7NOPS+. The van der Waals surface area contributed by atoms with Gasteiger partial charge in [-0.05, 0) is 0 Å². The van der Waals surface area contributed by atoms with Crippen LogP contribution in [0.3, 0.4) is 0 Å². The lowest BCUT2D eigenvalue weighted by atomic mass is 10.2. The Balaban J connectivity index is 2.29. The molecule has 0 aromatic rings. The minimum absolute atomic E-state index is 0.242. The van der Waals surface area contributed by atoms with Crippen LogP contribution in [-0.2, 0) is 4.79 Å². The third kappa shape index (κ3) is 0.850. The molecule has 2 nitrogen and oxygen atoms in total. The Bertz CT molecular complexity index is 258. The summed E-state index contributed by atoms with van der Waals surface area (Å²) in [4.78, 5) is 10.8. The van der Waals surface area contributed by atoms with E-state index in [4.69, 9.17) is 0 Å². The molecule has 2 aliphatic rings. The van der Waals surface area contributed by atoms with E-state index in [1.54, 1.807) is 16.3 Å². The van der Waals surface area contributed by atoms with Crippen molar-refractivity contribution in [1.29, 1.82) is 0 Å². The van der Waals surface area contributed by atoms with Gasteiger partial charge in [0.1, 0.15) is 6.42 Å². The second-order valence-electron chi connectivity index (χ2n) is 2.30. The van der Waals surface area contributed by atoms with Crippen molar-refractivity contribution in [2.45, 2.75) is 11.8 Å². The number of nitrogens with zero attached hydrogens (tertiary/aromatic N) is 1. The van der Waals surface area contributed by atoms with Gasteiger partial charge in [-0.15, -0.1) is 0 Å². The van der Waals surface area contributed by atoms with E-state index in [0.29, 0.717) is 11.8 Å². The second-order valence-corrected chi connectivity index (χ2v) is 4.59. The van der Waals surface area contributed by atoms with Crippen LogP contribution < -0.4 is 0 Å². The summed E-state index contributed by atoms with van der Waals surface area (Å²) in [5.41, 5.74) is 0. The Morgan fingerprint density at radius 1 is 1.80 bits per heavy atom. The van der Waals surface area contributed by atoms with Crippen LogP contribution in [0.25, 0.3) is 0 Å². The van der Waals surface area contributed by atoms with Crippen molar-refractivity contribution < 1.29 is 9.37 Å². The predicted octanol–water partition coefficient (Wildman–Crippen LogP) is 0.789. The van der Waals surface area contributed by atoms with E-state index >= 15 is 0 Å². The van der Waals surface area contributed by atoms with Crippen LogP contribution in [0.2, 0.25) is 0 Å². The Kier molecular flexibility index (Phi) is 1.43. The van der Waals surface area contributed by atoms with Crippen molar-refractivity contribution in [2.24, 2.45) is 0 Å². The van der Waals surface area contributed by atoms with Gasteiger partial charge in [-0.25, -0.2) is 4.79 Å². The van der Waals surface area contributed by atoms with Gasteiger partial charge in [0, 0.05) is 10.7 Å². The molecule has 10 heavy (non-hydrogen) atoms. The molecule has 0 radical (unpaired) electrons. The highest BCUT2D eigenvalue weighted by Crippen LogP contribution is 2.36. The first-order valence-corrected chi connectivity index (χ1v) is 4.51. The van der Waals surface area contributed by atoms with E-state index in [1.807, 2.05) is 12.3 Å². The maximum atomic E-state index is 10.8. The monoisotopic (exact) mass is 172 g/mol. The Morgan fingerprint density at radius 3 is 3.20 bits per heavy atom. The smallest absolute Gasteiger partial charge is 0.219 e. The van der Waals surface area contributed by atoms with Gasteiger partial charge >= 0.3 is 5.91 Å². The van der Waals surface area contributed by atoms with E-state index in [0.717, 1.165) is 0 Å². The highest BCUT2D eigenvalue weighted by atomic mass is 32.2. The SMILES string of the molecule is O=C1C[C@H]2SC(P)=CC=[N+]12. The molecule has 0 spiro atoms. The number of β-lactam (4-membered cyclic amide) rings is 1. The van der Waals surface area contributed by atoms with E-state index < -0.39 is 0 Å². The van der Waals surface area contributed by atoms with Crippen molar-refractivity contribution in [1.82, 2.24) is 0 Å². The second kappa shape index (κ2) is 2.18. The minimum atomic E-state index is 0.242. The van der Waals surface area contributed by atoms with Gasteiger partial charge in [0.25, 0.3) is 0 Å². The van der Waals surface area contributed by atoms with Crippen LogP contribution in [0.1, 0.15) is 6.42 Å². The summed E-state index contributed by atoms with van der Waals surface area (Å²) in [6.07, 6.45) is 4.51. The molecule has 2 heterocycles. The zero-order chi connectivity index (χ0) is 7.14. The molecule has 52 valence electrons. The number of fused-ring (bicyclic) bond motifs is 1.